The summed E-state index contributed by atoms with van der Waals surface area (Å²) < 4.78 is 10.7. The second kappa shape index (κ2) is 11.0. The third-order valence-electron chi connectivity index (χ3n) is 7.45. The van der Waals surface area contributed by atoms with Crippen LogP contribution in [0.5, 0.6) is 0 Å². The van der Waals surface area contributed by atoms with Gasteiger partial charge in [-0.25, -0.2) is 9.97 Å². The number of hydrogen-bond donors (Lipinski definition) is 2. The largest absolute Gasteiger partial charge is 0.403 e. The zero-order valence-corrected chi connectivity index (χ0v) is 21.4. The number of aliphatic imine (C=N–C) groups is 1. The fourth-order valence-corrected chi connectivity index (χ4v) is 5.55. The van der Waals surface area contributed by atoms with Crippen molar-refractivity contribution in [2.75, 3.05) is 45.3 Å². The normalized spacial score (nSPS) is 24.9. The molecule has 35 heavy (non-hydrogen) atoms. The number of rotatable bonds is 8. The summed E-state index contributed by atoms with van der Waals surface area (Å²) >= 11 is 13.1. The molecular weight excluding hydrogens is 487 g/mol. The Morgan fingerprint density at radius 1 is 1.31 bits per heavy atom. The molecule has 0 atom stereocenters. The molecule has 2 aliphatic heterocycles. The number of nitrogens with two attached hydrogens (primary N) is 1. The highest BCUT2D eigenvalue weighted by molar-refractivity contribution is 6.69. The number of piperidine rings is 1. The first kappa shape index (κ1) is 24.7. The molecule has 0 spiro atoms. The quantitative estimate of drug-likeness (QED) is 0.506. The fourth-order valence-electron chi connectivity index (χ4n) is 5.04. The van der Waals surface area contributed by atoms with Gasteiger partial charge in [0, 0.05) is 36.5 Å². The molecule has 1 aromatic carbocycles. The number of halogens is 2. The summed E-state index contributed by atoms with van der Waals surface area (Å²) in [7, 11) is 1.74. The summed E-state index contributed by atoms with van der Waals surface area (Å²) in [6, 6.07) is 4.64. The minimum atomic E-state index is 0.317. The summed E-state index contributed by atoms with van der Waals surface area (Å²) in [5.74, 6) is 1.32. The standard InChI is InChI=1S/C25H32Cl2N6O2/c1-34-19-6-15(7-19)11-29-24(27)23(10-28)32-25-30-12-17-8-21(26)20(9-22(17)31-25)16-2-4-33(5-3-16)18-13-35-14-18/h8-10,12,15-16,18-19H,2-7,11,13-14,28H2,1H3,(H,30,31,32)/b23-10+,29-24?. The van der Waals surface area contributed by atoms with E-state index in [2.05, 4.69) is 26.3 Å². The average Bonchev–Trinajstić information content (AvgIpc) is 2.80. The van der Waals surface area contributed by atoms with Crippen LogP contribution in [-0.2, 0) is 9.47 Å². The van der Waals surface area contributed by atoms with Crippen molar-refractivity contribution in [1.29, 1.82) is 0 Å². The molecule has 1 aliphatic carbocycles. The Balaban J connectivity index is 1.26. The van der Waals surface area contributed by atoms with Gasteiger partial charge in [0.25, 0.3) is 0 Å². The number of fused-ring (bicyclic) bond motifs is 1. The van der Waals surface area contributed by atoms with Crippen LogP contribution in [0.15, 0.2) is 35.2 Å². The molecule has 3 heterocycles. The molecule has 3 N–H and O–H groups in total. The van der Waals surface area contributed by atoms with Gasteiger partial charge in [-0.1, -0.05) is 23.2 Å². The van der Waals surface area contributed by atoms with Crippen molar-refractivity contribution in [3.63, 3.8) is 0 Å². The minimum Gasteiger partial charge on any atom is -0.403 e. The third-order valence-corrected chi connectivity index (χ3v) is 8.10. The van der Waals surface area contributed by atoms with Crippen LogP contribution in [0.25, 0.3) is 10.9 Å². The van der Waals surface area contributed by atoms with Crippen LogP contribution in [0, 0.1) is 5.92 Å². The molecule has 188 valence electrons. The van der Waals surface area contributed by atoms with E-state index in [1.54, 1.807) is 13.3 Å². The molecule has 5 rings (SSSR count). The predicted octanol–water partition coefficient (Wildman–Crippen LogP) is 4.14. The van der Waals surface area contributed by atoms with E-state index in [0.717, 1.165) is 73.5 Å². The number of allylic oxidation sites excluding steroid dienone is 1. The smallest absolute Gasteiger partial charge is 0.227 e. The number of methoxy groups -OCH3 is 1. The maximum absolute atomic E-state index is 6.69. The number of nitrogens with one attached hydrogen (secondary N) is 1. The highest BCUT2D eigenvalue weighted by Crippen LogP contribution is 2.36. The zero-order chi connectivity index (χ0) is 24.4. The Morgan fingerprint density at radius 3 is 2.74 bits per heavy atom. The number of benzene rings is 1. The van der Waals surface area contributed by atoms with Crippen LogP contribution in [0.1, 0.15) is 37.2 Å². The number of nitrogens with zero attached hydrogens (tertiary/aromatic N) is 4. The molecule has 0 amide bonds. The summed E-state index contributed by atoms with van der Waals surface area (Å²) in [5, 5.41) is 5.10. The van der Waals surface area contributed by atoms with Gasteiger partial charge in [-0.15, -0.1) is 0 Å². The number of anilines is 1. The van der Waals surface area contributed by atoms with Crippen LogP contribution in [0.4, 0.5) is 5.95 Å². The van der Waals surface area contributed by atoms with Crippen LogP contribution < -0.4 is 11.1 Å². The first-order valence-corrected chi connectivity index (χ1v) is 13.0. The average molecular weight is 519 g/mol. The Morgan fingerprint density at radius 2 is 2.09 bits per heavy atom. The van der Waals surface area contributed by atoms with Crippen LogP contribution in [0.2, 0.25) is 5.02 Å². The molecule has 0 bridgehead atoms. The monoisotopic (exact) mass is 518 g/mol. The van der Waals surface area contributed by atoms with E-state index in [9.17, 15) is 0 Å². The molecule has 2 aromatic rings. The molecule has 8 nitrogen and oxygen atoms in total. The van der Waals surface area contributed by atoms with Crippen molar-refractivity contribution >= 4 is 45.2 Å². The van der Waals surface area contributed by atoms with Gasteiger partial charge in [-0.2, -0.15) is 0 Å². The lowest BCUT2D eigenvalue weighted by atomic mass is 9.82. The summed E-state index contributed by atoms with van der Waals surface area (Å²) in [6.45, 7) is 4.50. The highest BCUT2D eigenvalue weighted by Gasteiger charge is 2.31. The number of ether oxygens (including phenoxy) is 2. The predicted molar refractivity (Wildman–Crippen MR) is 140 cm³/mol. The molecule has 3 fully saturated rings. The van der Waals surface area contributed by atoms with Gasteiger partial charge in [0.05, 0.1) is 36.6 Å². The summed E-state index contributed by atoms with van der Waals surface area (Å²) in [5.41, 5.74) is 8.29. The summed E-state index contributed by atoms with van der Waals surface area (Å²) in [4.78, 5) is 16.2. The topological polar surface area (TPSA) is 97.9 Å². The molecule has 1 saturated carbocycles. The molecule has 10 heteroatoms. The Labute approximate surface area is 215 Å². The molecule has 3 aliphatic rings. The SMILES string of the molecule is COC1CC(CN=C(Cl)/C(=C\N)Nc2ncc3cc(Cl)c(C4CCN(C5COC5)CC4)cc3n2)C1. The summed E-state index contributed by atoms with van der Waals surface area (Å²) in [6.07, 6.45) is 7.67. The van der Waals surface area contributed by atoms with Gasteiger partial charge in [-0.3, -0.25) is 9.89 Å². The Bertz CT molecular complexity index is 1110. The Kier molecular flexibility index (Phi) is 7.74. The van der Waals surface area contributed by atoms with Gasteiger partial charge in [0.1, 0.15) is 5.17 Å². The van der Waals surface area contributed by atoms with Crippen LogP contribution in [-0.4, -0.2) is 72.1 Å². The van der Waals surface area contributed by atoms with E-state index in [1.807, 2.05) is 6.07 Å². The fraction of sp³-hybridized carbons (Fsp3) is 0.560. The number of likely N-dealkylation sites (tertiary alicyclic amines) is 1. The Hall–Kier alpha value is -1.97. The van der Waals surface area contributed by atoms with Crippen molar-refractivity contribution in [2.45, 2.75) is 43.7 Å². The number of aromatic nitrogens is 2. The van der Waals surface area contributed by atoms with Crippen LogP contribution in [0.3, 0.4) is 0 Å². The van der Waals surface area contributed by atoms with E-state index < -0.39 is 0 Å². The molecule has 0 unspecified atom stereocenters. The zero-order valence-electron chi connectivity index (χ0n) is 19.9. The van der Waals surface area contributed by atoms with Gasteiger partial charge in [-0.05, 0) is 68.3 Å². The van der Waals surface area contributed by atoms with Gasteiger partial charge in [0.15, 0.2) is 0 Å². The number of hydrogen-bond acceptors (Lipinski definition) is 8. The molecular formula is C25H32Cl2N6O2. The van der Waals surface area contributed by atoms with E-state index in [0.29, 0.717) is 47.3 Å². The van der Waals surface area contributed by atoms with Crippen molar-refractivity contribution in [2.24, 2.45) is 16.6 Å². The van der Waals surface area contributed by atoms with E-state index in [-0.39, 0.29) is 0 Å². The second-order valence-electron chi connectivity index (χ2n) is 9.66. The van der Waals surface area contributed by atoms with Crippen molar-refractivity contribution in [3.05, 3.63) is 40.8 Å². The van der Waals surface area contributed by atoms with Gasteiger partial charge >= 0.3 is 0 Å². The lowest BCUT2D eigenvalue weighted by Crippen LogP contribution is -2.51. The lowest BCUT2D eigenvalue weighted by Gasteiger charge is -2.41. The van der Waals surface area contributed by atoms with Crippen molar-refractivity contribution in [3.8, 4) is 0 Å². The van der Waals surface area contributed by atoms with E-state index >= 15 is 0 Å². The maximum Gasteiger partial charge on any atom is 0.227 e. The van der Waals surface area contributed by atoms with Gasteiger partial charge < -0.3 is 20.5 Å². The van der Waals surface area contributed by atoms with Gasteiger partial charge in [0.2, 0.25) is 5.95 Å². The van der Waals surface area contributed by atoms with Crippen molar-refractivity contribution in [1.82, 2.24) is 14.9 Å². The second-order valence-corrected chi connectivity index (χ2v) is 10.4. The third kappa shape index (κ3) is 5.57. The molecule has 1 aromatic heterocycles. The minimum absolute atomic E-state index is 0.317. The van der Waals surface area contributed by atoms with E-state index in [4.69, 9.17) is 43.4 Å². The maximum atomic E-state index is 6.69. The highest BCUT2D eigenvalue weighted by atomic mass is 35.5. The van der Waals surface area contributed by atoms with Crippen LogP contribution >= 0.6 is 23.2 Å². The molecule has 2 saturated heterocycles. The molecule has 0 radical (unpaired) electrons. The first-order valence-electron chi connectivity index (χ1n) is 12.2. The van der Waals surface area contributed by atoms with E-state index in [1.165, 1.54) is 6.20 Å². The lowest BCUT2D eigenvalue weighted by molar-refractivity contribution is -0.0712. The van der Waals surface area contributed by atoms with Crippen molar-refractivity contribution < 1.29 is 9.47 Å². The first-order chi connectivity index (χ1) is 17.0.